The molecule has 47 heavy (non-hydrogen) atoms. The molecule has 9 nitrogen and oxygen atoms in total. The SMILES string of the molecule is CC(=N)N1C(=N)[C@H](CCN(C)CCCc2ccc3occ(C4CCC(=O)NC4=O)c3c2)N=C(c2ccc(Cl)cc2)c2c1sc(C)c2C. The second-order valence-corrected chi connectivity index (χ2v) is 14.1. The number of hydrogen-bond acceptors (Lipinski definition) is 8. The molecule has 2 aromatic carbocycles. The van der Waals surface area contributed by atoms with Crippen molar-refractivity contribution in [2.75, 3.05) is 25.0 Å². The number of aliphatic imine (C=N–C) groups is 1. The van der Waals surface area contributed by atoms with Gasteiger partial charge in [-0.25, -0.2) is 0 Å². The zero-order chi connectivity index (χ0) is 33.4. The van der Waals surface area contributed by atoms with Gasteiger partial charge in [-0.15, -0.1) is 11.3 Å². The number of thiophene rings is 1. The summed E-state index contributed by atoms with van der Waals surface area (Å²) in [6.07, 6.45) is 4.89. The number of aryl methyl sites for hydroxylation is 2. The third-order valence-electron chi connectivity index (χ3n) is 9.17. The highest BCUT2D eigenvalue weighted by Crippen LogP contribution is 2.40. The van der Waals surface area contributed by atoms with E-state index < -0.39 is 6.04 Å². The molecule has 0 radical (unpaired) electrons. The maximum Gasteiger partial charge on any atom is 0.234 e. The molecule has 1 saturated heterocycles. The van der Waals surface area contributed by atoms with Gasteiger partial charge in [0.05, 0.1) is 17.9 Å². The number of amidine groups is 2. The minimum Gasteiger partial charge on any atom is -0.464 e. The van der Waals surface area contributed by atoms with Gasteiger partial charge in [0.25, 0.3) is 0 Å². The van der Waals surface area contributed by atoms with E-state index in [0.29, 0.717) is 36.0 Å². The summed E-state index contributed by atoms with van der Waals surface area (Å²) in [5.41, 5.74) is 6.63. The van der Waals surface area contributed by atoms with E-state index >= 15 is 0 Å². The van der Waals surface area contributed by atoms with E-state index in [-0.39, 0.29) is 17.7 Å². The molecule has 1 fully saturated rings. The van der Waals surface area contributed by atoms with Crippen molar-refractivity contribution in [1.82, 2.24) is 10.2 Å². The number of rotatable bonds is 9. The summed E-state index contributed by atoms with van der Waals surface area (Å²) in [5, 5.41) is 22.7. The maximum absolute atomic E-state index is 12.5. The molecule has 4 aromatic rings. The number of anilines is 1. The fourth-order valence-electron chi connectivity index (χ4n) is 6.47. The average Bonchev–Trinajstić information content (AvgIpc) is 3.53. The Morgan fingerprint density at radius 1 is 1.17 bits per heavy atom. The molecule has 6 rings (SSSR count). The van der Waals surface area contributed by atoms with Crippen LogP contribution < -0.4 is 10.2 Å². The molecule has 0 saturated carbocycles. The molecule has 2 aliphatic rings. The Morgan fingerprint density at radius 3 is 2.66 bits per heavy atom. The van der Waals surface area contributed by atoms with E-state index in [9.17, 15) is 15.0 Å². The molecule has 0 spiro atoms. The molecule has 2 amide bonds. The van der Waals surface area contributed by atoms with E-state index in [1.807, 2.05) is 30.3 Å². The first-order chi connectivity index (χ1) is 22.5. The minimum absolute atomic E-state index is 0.225. The molecule has 3 N–H and O–H groups in total. The number of nitrogens with one attached hydrogen (secondary N) is 3. The lowest BCUT2D eigenvalue weighted by Gasteiger charge is -2.26. The van der Waals surface area contributed by atoms with Crippen LogP contribution in [0.15, 0.2) is 58.1 Å². The van der Waals surface area contributed by atoms with Crippen LogP contribution >= 0.6 is 22.9 Å². The topological polar surface area (TPSA) is 126 Å². The van der Waals surface area contributed by atoms with E-state index in [1.165, 1.54) is 0 Å². The van der Waals surface area contributed by atoms with Crippen LogP contribution in [0.1, 0.15) is 71.2 Å². The summed E-state index contributed by atoms with van der Waals surface area (Å²) in [7, 11) is 2.09. The number of piperidine rings is 1. The number of benzene rings is 2. The van der Waals surface area contributed by atoms with Gasteiger partial charge in [-0.2, -0.15) is 0 Å². The summed E-state index contributed by atoms with van der Waals surface area (Å²) >= 11 is 7.83. The van der Waals surface area contributed by atoms with Gasteiger partial charge in [-0.05, 0) is 95.4 Å². The number of nitrogens with zero attached hydrogens (tertiary/aromatic N) is 3. The summed E-state index contributed by atoms with van der Waals surface area (Å²) in [6.45, 7) is 7.49. The molecule has 0 aliphatic carbocycles. The molecule has 11 heteroatoms. The largest absolute Gasteiger partial charge is 0.464 e. The van der Waals surface area contributed by atoms with Gasteiger partial charge in [0.15, 0.2) is 0 Å². The number of imide groups is 1. The monoisotopic (exact) mass is 670 g/mol. The van der Waals surface area contributed by atoms with Gasteiger partial charge < -0.3 is 9.32 Å². The van der Waals surface area contributed by atoms with Crippen LogP contribution in [0.4, 0.5) is 5.00 Å². The third kappa shape index (κ3) is 6.68. The highest BCUT2D eigenvalue weighted by molar-refractivity contribution is 7.17. The number of furan rings is 1. The fourth-order valence-corrected chi connectivity index (χ4v) is 7.81. The number of carbonyl (C=O) groups is 2. The summed E-state index contributed by atoms with van der Waals surface area (Å²) in [6, 6.07) is 13.4. The van der Waals surface area contributed by atoms with Crippen molar-refractivity contribution in [2.45, 2.75) is 64.8 Å². The number of hydrogen-bond donors (Lipinski definition) is 3. The molecular formula is C36H39ClN6O3S. The van der Waals surface area contributed by atoms with Crippen LogP contribution in [-0.4, -0.2) is 60.3 Å². The van der Waals surface area contributed by atoms with Gasteiger partial charge in [0, 0.05) is 44.9 Å². The number of halogens is 1. The fraction of sp³-hybridized carbons (Fsp3) is 0.361. The molecule has 2 atom stereocenters. The first-order valence-electron chi connectivity index (χ1n) is 15.9. The van der Waals surface area contributed by atoms with Crippen molar-refractivity contribution in [2.24, 2.45) is 4.99 Å². The Labute approximate surface area is 283 Å². The average molecular weight is 671 g/mol. The van der Waals surface area contributed by atoms with Crippen molar-refractivity contribution in [3.8, 4) is 0 Å². The van der Waals surface area contributed by atoms with E-state index in [1.54, 1.807) is 29.4 Å². The minimum atomic E-state index is -0.420. The quantitative estimate of drug-likeness (QED) is 0.0983. The van der Waals surface area contributed by atoms with Crippen molar-refractivity contribution >= 4 is 68.1 Å². The Kier molecular flexibility index (Phi) is 9.46. The molecule has 2 aliphatic heterocycles. The zero-order valence-electron chi connectivity index (χ0n) is 27.1. The van der Waals surface area contributed by atoms with Gasteiger partial charge >= 0.3 is 0 Å². The lowest BCUT2D eigenvalue weighted by Crippen LogP contribution is -2.41. The van der Waals surface area contributed by atoms with Crippen molar-refractivity contribution < 1.29 is 14.0 Å². The Bertz CT molecular complexity index is 1910. The van der Waals surface area contributed by atoms with Crippen LogP contribution in [0, 0.1) is 24.7 Å². The molecule has 2 aromatic heterocycles. The molecular weight excluding hydrogens is 632 g/mol. The molecule has 244 valence electrons. The smallest absolute Gasteiger partial charge is 0.234 e. The van der Waals surface area contributed by atoms with Crippen LogP contribution in [0.2, 0.25) is 5.02 Å². The first-order valence-corrected chi connectivity index (χ1v) is 17.1. The summed E-state index contributed by atoms with van der Waals surface area (Å²) < 4.78 is 5.75. The maximum atomic E-state index is 12.5. The van der Waals surface area contributed by atoms with Crippen molar-refractivity contribution in [1.29, 1.82) is 10.8 Å². The van der Waals surface area contributed by atoms with Gasteiger partial charge in [-0.3, -0.25) is 35.6 Å². The third-order valence-corrected chi connectivity index (χ3v) is 10.6. The number of carbonyl (C=O) groups excluding carboxylic acids is 2. The standard InChI is InChI=1S/C36H39ClN6O3S/c1-20-21(2)47-36-32(20)33(24-8-10-25(37)11-9-24)40-29(34(39)43(36)22(3)38)15-17-42(4)16-5-6-23-7-13-30-27(18-23)28(19-46-30)26-12-14-31(44)41-35(26)45/h7-11,13,18-19,26,29,38-39H,5-6,12,14-17H2,1-4H3,(H,41,44,45)/t26?,29-/m0/s1. The normalized spacial score (nSPS) is 18.4. The highest BCUT2D eigenvalue weighted by Gasteiger charge is 2.34. The molecule has 4 heterocycles. The van der Waals surface area contributed by atoms with Crippen LogP contribution in [0.5, 0.6) is 0 Å². The zero-order valence-corrected chi connectivity index (χ0v) is 28.6. The van der Waals surface area contributed by atoms with Crippen LogP contribution in [-0.2, 0) is 16.0 Å². The van der Waals surface area contributed by atoms with Gasteiger partial charge in [-0.1, -0.05) is 29.8 Å². The van der Waals surface area contributed by atoms with E-state index in [0.717, 1.165) is 80.3 Å². The molecule has 0 bridgehead atoms. The van der Waals surface area contributed by atoms with Crippen molar-refractivity contribution in [3.63, 3.8) is 0 Å². The van der Waals surface area contributed by atoms with E-state index in [4.69, 9.17) is 26.4 Å². The van der Waals surface area contributed by atoms with Crippen LogP contribution in [0.3, 0.4) is 0 Å². The number of fused-ring (bicyclic) bond motifs is 2. The lowest BCUT2D eigenvalue weighted by atomic mass is 9.90. The predicted octanol–water partition coefficient (Wildman–Crippen LogP) is 7.24. The summed E-state index contributed by atoms with van der Waals surface area (Å²) in [4.78, 5) is 34.5. The van der Waals surface area contributed by atoms with Gasteiger partial charge in [0.1, 0.15) is 28.3 Å². The second-order valence-electron chi connectivity index (χ2n) is 12.5. The summed E-state index contributed by atoms with van der Waals surface area (Å²) in [5.74, 6) is -0.247. The highest BCUT2D eigenvalue weighted by atomic mass is 35.5. The Morgan fingerprint density at radius 2 is 1.94 bits per heavy atom. The molecule has 1 unspecified atom stereocenters. The first kappa shape index (κ1) is 32.8. The number of amides is 2. The van der Waals surface area contributed by atoms with Gasteiger partial charge in [0.2, 0.25) is 11.8 Å². The lowest BCUT2D eigenvalue weighted by molar-refractivity contribution is -0.134. The predicted molar refractivity (Wildman–Crippen MR) is 190 cm³/mol. The van der Waals surface area contributed by atoms with E-state index in [2.05, 4.69) is 43.2 Å². The van der Waals surface area contributed by atoms with Crippen LogP contribution in [0.25, 0.3) is 11.0 Å². The van der Waals surface area contributed by atoms with Crippen molar-refractivity contribution in [3.05, 3.63) is 86.4 Å². The Hall–Kier alpha value is -4.12. The Balaban J connectivity index is 1.15. The second kappa shape index (κ2) is 13.5.